The molecule has 3 heteroatoms. The molecule has 0 aliphatic carbocycles. The molecule has 58 valence electrons. The smallest absolute Gasteiger partial charge is 0.0587 e. The monoisotopic (exact) mass is 153 g/mol. The lowest BCUT2D eigenvalue weighted by atomic mass is 10.1. The van der Waals surface area contributed by atoms with E-state index in [9.17, 15) is 0 Å². The fourth-order valence-electron chi connectivity index (χ4n) is 0.635. The van der Waals surface area contributed by atoms with Crippen molar-refractivity contribution in [2.24, 2.45) is 5.92 Å². The van der Waals surface area contributed by atoms with Crippen molar-refractivity contribution in [1.82, 2.24) is 5.32 Å². The van der Waals surface area contributed by atoms with Gasteiger partial charge in [-0.05, 0) is 13.0 Å². The highest BCUT2D eigenvalue weighted by Crippen LogP contribution is 1.97. The van der Waals surface area contributed by atoms with Crippen molar-refractivity contribution in [3.8, 4) is 0 Å². The summed E-state index contributed by atoms with van der Waals surface area (Å²) >= 11 is 0. The zero-order valence-corrected chi connectivity index (χ0v) is 7.03. The highest BCUT2D eigenvalue weighted by Gasteiger charge is 2.06. The summed E-state index contributed by atoms with van der Waals surface area (Å²) in [7, 11) is 1.86. The van der Waals surface area contributed by atoms with Crippen LogP contribution in [0.25, 0.3) is 0 Å². The Morgan fingerprint density at radius 1 is 1.44 bits per heavy atom. The van der Waals surface area contributed by atoms with Gasteiger partial charge in [-0.3, -0.25) is 0 Å². The van der Waals surface area contributed by atoms with Crippen molar-refractivity contribution < 1.29 is 5.11 Å². The Balaban J connectivity index is 0. The minimum Gasteiger partial charge on any atom is -0.395 e. The molecule has 0 fully saturated rings. The molecule has 0 amide bonds. The molecule has 0 unspecified atom stereocenters. The minimum absolute atomic E-state index is 0. The summed E-state index contributed by atoms with van der Waals surface area (Å²) < 4.78 is 0. The third-order valence-corrected chi connectivity index (χ3v) is 1.37. The lowest BCUT2D eigenvalue weighted by molar-refractivity contribution is 0.218. The van der Waals surface area contributed by atoms with E-state index in [-0.39, 0.29) is 25.1 Å². The van der Waals surface area contributed by atoms with E-state index in [4.69, 9.17) is 5.11 Å². The maximum atomic E-state index is 8.63. The zero-order chi connectivity index (χ0) is 6.57. The topological polar surface area (TPSA) is 32.3 Å². The van der Waals surface area contributed by atoms with Gasteiger partial charge in [0, 0.05) is 6.04 Å². The maximum Gasteiger partial charge on any atom is 0.0587 e. The van der Waals surface area contributed by atoms with Gasteiger partial charge in [0.05, 0.1) is 6.61 Å². The molecule has 0 aromatic carbocycles. The fourth-order valence-corrected chi connectivity index (χ4v) is 0.635. The van der Waals surface area contributed by atoms with E-state index in [1.54, 1.807) is 0 Å². The molecule has 0 bridgehead atoms. The van der Waals surface area contributed by atoms with E-state index in [1.807, 2.05) is 7.05 Å². The molecule has 0 saturated carbocycles. The lowest BCUT2D eigenvalue weighted by Gasteiger charge is -2.15. The van der Waals surface area contributed by atoms with Crippen LogP contribution >= 0.6 is 12.4 Å². The zero-order valence-electron chi connectivity index (χ0n) is 6.22. The average Bonchev–Trinajstić information content (AvgIpc) is 1.69. The van der Waals surface area contributed by atoms with Gasteiger partial charge in [0.2, 0.25) is 0 Å². The van der Waals surface area contributed by atoms with Gasteiger partial charge in [0.1, 0.15) is 0 Å². The Morgan fingerprint density at radius 3 is 1.89 bits per heavy atom. The van der Waals surface area contributed by atoms with Crippen LogP contribution in [0.3, 0.4) is 0 Å². The molecular weight excluding hydrogens is 138 g/mol. The number of likely N-dealkylation sites (N-methyl/N-ethyl adjacent to an activating group) is 1. The first kappa shape index (κ1) is 11.9. The van der Waals surface area contributed by atoms with Gasteiger partial charge in [-0.2, -0.15) is 0 Å². The minimum atomic E-state index is 0. The Morgan fingerprint density at radius 2 is 1.89 bits per heavy atom. The number of nitrogens with one attached hydrogen (secondary N) is 1. The molecule has 1 atom stereocenters. The number of aliphatic hydroxyl groups excluding tert-OH is 1. The molecule has 0 aliphatic rings. The quantitative estimate of drug-likeness (QED) is 0.624. The van der Waals surface area contributed by atoms with E-state index >= 15 is 0 Å². The molecule has 0 heterocycles. The normalized spacial score (nSPS) is 13.0. The van der Waals surface area contributed by atoms with E-state index in [1.165, 1.54) is 0 Å². The average molecular weight is 154 g/mol. The highest BCUT2D eigenvalue weighted by molar-refractivity contribution is 5.85. The molecule has 9 heavy (non-hydrogen) atoms. The van der Waals surface area contributed by atoms with E-state index < -0.39 is 0 Å². The van der Waals surface area contributed by atoms with Crippen molar-refractivity contribution in [2.75, 3.05) is 13.7 Å². The molecular formula is C6H16ClNO. The van der Waals surface area contributed by atoms with Crippen molar-refractivity contribution in [1.29, 1.82) is 0 Å². The first-order valence-corrected chi connectivity index (χ1v) is 3.00. The van der Waals surface area contributed by atoms with Crippen LogP contribution in [0.1, 0.15) is 13.8 Å². The van der Waals surface area contributed by atoms with Crippen LogP contribution in [-0.4, -0.2) is 24.8 Å². The molecule has 0 spiro atoms. The van der Waals surface area contributed by atoms with Gasteiger partial charge in [0.25, 0.3) is 0 Å². The number of hydrogen-bond donors (Lipinski definition) is 2. The standard InChI is InChI=1S/C6H15NO.ClH/c1-5(2)6(4-8)7-3;/h5-8H,4H2,1-3H3;1H/t6-;/m0./s1. The third-order valence-electron chi connectivity index (χ3n) is 1.37. The van der Waals surface area contributed by atoms with E-state index in [0.717, 1.165) is 0 Å². The van der Waals surface area contributed by atoms with Crippen LogP contribution in [0, 0.1) is 5.92 Å². The Labute approximate surface area is 63.1 Å². The first-order valence-electron chi connectivity index (χ1n) is 3.00. The molecule has 0 rings (SSSR count). The molecule has 0 aromatic rings. The van der Waals surface area contributed by atoms with Crippen LogP contribution in [0.2, 0.25) is 0 Å². The third kappa shape index (κ3) is 4.70. The van der Waals surface area contributed by atoms with Crippen molar-refractivity contribution in [3.05, 3.63) is 0 Å². The fraction of sp³-hybridized carbons (Fsp3) is 1.00. The van der Waals surface area contributed by atoms with Crippen LogP contribution in [0.5, 0.6) is 0 Å². The summed E-state index contributed by atoms with van der Waals surface area (Å²) in [5, 5.41) is 11.6. The summed E-state index contributed by atoms with van der Waals surface area (Å²) in [6, 6.07) is 0.259. The second-order valence-corrected chi connectivity index (χ2v) is 2.32. The van der Waals surface area contributed by atoms with Crippen molar-refractivity contribution in [2.45, 2.75) is 19.9 Å². The second kappa shape index (κ2) is 6.33. The Hall–Kier alpha value is 0.210. The second-order valence-electron chi connectivity index (χ2n) is 2.32. The van der Waals surface area contributed by atoms with Gasteiger partial charge in [-0.25, -0.2) is 0 Å². The van der Waals surface area contributed by atoms with E-state index in [2.05, 4.69) is 19.2 Å². The number of hydrogen-bond acceptors (Lipinski definition) is 2. The molecule has 2 nitrogen and oxygen atoms in total. The van der Waals surface area contributed by atoms with Crippen molar-refractivity contribution >= 4 is 12.4 Å². The molecule has 2 N–H and O–H groups in total. The predicted octanol–water partition coefficient (Wildman–Crippen LogP) is 0.644. The Kier molecular flexibility index (Phi) is 8.40. The van der Waals surface area contributed by atoms with Gasteiger partial charge in [0.15, 0.2) is 0 Å². The van der Waals surface area contributed by atoms with Gasteiger partial charge >= 0.3 is 0 Å². The number of aliphatic hydroxyl groups is 1. The summed E-state index contributed by atoms with van der Waals surface area (Å²) in [5.41, 5.74) is 0. The molecule has 0 radical (unpaired) electrons. The first-order chi connectivity index (χ1) is 3.72. The van der Waals surface area contributed by atoms with Crippen LogP contribution in [-0.2, 0) is 0 Å². The molecule has 0 aromatic heterocycles. The summed E-state index contributed by atoms with van der Waals surface area (Å²) in [5.74, 6) is 0.519. The molecule has 0 saturated heterocycles. The SMILES string of the molecule is CN[C@@H](CO)C(C)C.Cl. The van der Waals surface area contributed by atoms with Gasteiger partial charge in [-0.1, -0.05) is 13.8 Å². The van der Waals surface area contributed by atoms with E-state index in [0.29, 0.717) is 5.92 Å². The largest absolute Gasteiger partial charge is 0.395 e. The number of rotatable bonds is 3. The predicted molar refractivity (Wildman–Crippen MR) is 42.0 cm³/mol. The summed E-state index contributed by atoms with van der Waals surface area (Å²) in [6.45, 7) is 4.39. The van der Waals surface area contributed by atoms with Crippen LogP contribution < -0.4 is 5.32 Å². The van der Waals surface area contributed by atoms with Gasteiger partial charge in [-0.15, -0.1) is 12.4 Å². The van der Waals surface area contributed by atoms with Crippen LogP contribution in [0.4, 0.5) is 0 Å². The lowest BCUT2D eigenvalue weighted by Crippen LogP contribution is -2.33. The van der Waals surface area contributed by atoms with Gasteiger partial charge < -0.3 is 10.4 Å². The van der Waals surface area contributed by atoms with Crippen LogP contribution in [0.15, 0.2) is 0 Å². The van der Waals surface area contributed by atoms with Crippen molar-refractivity contribution in [3.63, 3.8) is 0 Å². The Bertz CT molecular complexity index is 55.0. The highest BCUT2D eigenvalue weighted by atomic mass is 35.5. The summed E-state index contributed by atoms with van der Waals surface area (Å²) in [4.78, 5) is 0. The maximum absolute atomic E-state index is 8.63. The number of halogens is 1. The summed E-state index contributed by atoms with van der Waals surface area (Å²) in [6.07, 6.45) is 0. The molecule has 0 aliphatic heterocycles.